The molecule has 4 aromatic rings. The standard InChI is InChI=1S/C23H24N4O4/c1-14-11-16(29-3)7-8-18(14)23(28)27(2)10-9-21-25-22(31-26-21)20-12-15-5-6-17(30-4)13-19(15)24-20/h5-8,11-13,24H,9-10H2,1-4H3. The van der Waals surface area contributed by atoms with Gasteiger partial charge in [0.1, 0.15) is 17.2 Å². The van der Waals surface area contributed by atoms with Crippen LogP contribution in [-0.2, 0) is 6.42 Å². The van der Waals surface area contributed by atoms with Gasteiger partial charge in [0.15, 0.2) is 5.82 Å². The molecule has 0 aliphatic heterocycles. The van der Waals surface area contributed by atoms with Crippen molar-refractivity contribution in [2.24, 2.45) is 0 Å². The Morgan fingerprint density at radius 3 is 2.58 bits per heavy atom. The second kappa shape index (κ2) is 8.51. The van der Waals surface area contributed by atoms with Gasteiger partial charge in [0.25, 0.3) is 11.8 Å². The molecule has 0 spiro atoms. The third kappa shape index (κ3) is 4.23. The van der Waals surface area contributed by atoms with Gasteiger partial charge in [-0.25, -0.2) is 0 Å². The van der Waals surface area contributed by atoms with Crippen molar-refractivity contribution in [3.8, 4) is 23.1 Å². The molecule has 2 heterocycles. The number of aromatic nitrogens is 3. The molecule has 0 saturated heterocycles. The molecule has 4 rings (SSSR count). The quantitative estimate of drug-likeness (QED) is 0.488. The minimum absolute atomic E-state index is 0.0616. The van der Waals surface area contributed by atoms with Gasteiger partial charge < -0.3 is 23.9 Å². The van der Waals surface area contributed by atoms with E-state index in [0.717, 1.165) is 33.7 Å². The van der Waals surface area contributed by atoms with Crippen molar-refractivity contribution in [3.63, 3.8) is 0 Å². The Morgan fingerprint density at radius 1 is 1.10 bits per heavy atom. The Balaban J connectivity index is 1.42. The SMILES string of the molecule is COc1ccc(C(=O)N(C)CCc2noc(-c3cc4ccc(OC)cc4[nH]3)n2)c(C)c1. The molecule has 8 heteroatoms. The molecule has 0 aliphatic carbocycles. The van der Waals surface area contributed by atoms with Crippen LogP contribution in [0.15, 0.2) is 47.0 Å². The number of rotatable bonds is 7. The van der Waals surface area contributed by atoms with Crippen molar-refractivity contribution in [1.82, 2.24) is 20.0 Å². The number of H-pyrrole nitrogens is 1. The predicted molar refractivity (Wildman–Crippen MR) is 117 cm³/mol. The number of nitrogens with zero attached hydrogens (tertiary/aromatic N) is 3. The number of likely N-dealkylation sites (N-methyl/N-ethyl adjacent to an activating group) is 1. The highest BCUT2D eigenvalue weighted by Gasteiger charge is 2.17. The lowest BCUT2D eigenvalue weighted by atomic mass is 10.1. The molecule has 2 aromatic heterocycles. The molecule has 0 fully saturated rings. The van der Waals surface area contributed by atoms with Crippen molar-refractivity contribution >= 4 is 16.8 Å². The number of nitrogens with one attached hydrogen (secondary N) is 1. The zero-order valence-corrected chi connectivity index (χ0v) is 17.9. The fraction of sp³-hybridized carbons (Fsp3) is 0.261. The molecule has 2 aromatic carbocycles. The highest BCUT2D eigenvalue weighted by Crippen LogP contribution is 2.26. The Hall–Kier alpha value is -3.81. The second-order valence-corrected chi connectivity index (χ2v) is 7.31. The summed E-state index contributed by atoms with van der Waals surface area (Å²) in [7, 11) is 5.00. The van der Waals surface area contributed by atoms with E-state index >= 15 is 0 Å². The van der Waals surface area contributed by atoms with Gasteiger partial charge in [0.05, 0.1) is 14.2 Å². The van der Waals surface area contributed by atoms with Crippen LogP contribution in [0.3, 0.4) is 0 Å². The molecule has 31 heavy (non-hydrogen) atoms. The van der Waals surface area contributed by atoms with Crippen LogP contribution in [0.4, 0.5) is 0 Å². The maximum absolute atomic E-state index is 12.8. The first kappa shape index (κ1) is 20.5. The Labute approximate surface area is 179 Å². The fourth-order valence-electron chi connectivity index (χ4n) is 3.39. The van der Waals surface area contributed by atoms with Gasteiger partial charge in [-0.2, -0.15) is 4.98 Å². The van der Waals surface area contributed by atoms with E-state index in [1.807, 2.05) is 37.3 Å². The van der Waals surface area contributed by atoms with Gasteiger partial charge in [-0.15, -0.1) is 0 Å². The third-order valence-corrected chi connectivity index (χ3v) is 5.21. The average molecular weight is 420 g/mol. The number of fused-ring (bicyclic) bond motifs is 1. The molecule has 160 valence electrons. The molecular weight excluding hydrogens is 396 g/mol. The van der Waals surface area contributed by atoms with Crippen LogP contribution in [0.2, 0.25) is 0 Å². The number of carbonyl (C=O) groups excluding carboxylic acids is 1. The van der Waals surface area contributed by atoms with Crippen LogP contribution in [0.1, 0.15) is 21.7 Å². The zero-order chi connectivity index (χ0) is 22.0. The summed E-state index contributed by atoms with van der Waals surface area (Å²) in [5.41, 5.74) is 3.17. The van der Waals surface area contributed by atoms with E-state index in [1.54, 1.807) is 38.3 Å². The summed E-state index contributed by atoms with van der Waals surface area (Å²) in [5.74, 6) is 2.38. The molecule has 0 unspecified atom stereocenters. The molecule has 1 N–H and O–H groups in total. The monoisotopic (exact) mass is 420 g/mol. The van der Waals surface area contributed by atoms with E-state index in [-0.39, 0.29) is 5.91 Å². The summed E-state index contributed by atoms with van der Waals surface area (Å²) < 4.78 is 15.9. The summed E-state index contributed by atoms with van der Waals surface area (Å²) in [6.07, 6.45) is 0.481. The fourth-order valence-corrected chi connectivity index (χ4v) is 3.39. The lowest BCUT2D eigenvalue weighted by Gasteiger charge is -2.17. The van der Waals surface area contributed by atoms with Gasteiger partial charge in [-0.05, 0) is 48.9 Å². The zero-order valence-electron chi connectivity index (χ0n) is 17.9. The van der Waals surface area contributed by atoms with Crippen molar-refractivity contribution < 1.29 is 18.8 Å². The van der Waals surface area contributed by atoms with Crippen molar-refractivity contribution in [2.75, 3.05) is 27.8 Å². The lowest BCUT2D eigenvalue weighted by Crippen LogP contribution is -2.29. The van der Waals surface area contributed by atoms with Crippen LogP contribution in [0, 0.1) is 6.92 Å². The van der Waals surface area contributed by atoms with E-state index in [1.165, 1.54) is 0 Å². The number of carbonyl (C=O) groups is 1. The Morgan fingerprint density at radius 2 is 1.84 bits per heavy atom. The number of amides is 1. The summed E-state index contributed by atoms with van der Waals surface area (Å²) in [6.45, 7) is 2.36. The summed E-state index contributed by atoms with van der Waals surface area (Å²) >= 11 is 0. The first-order valence-corrected chi connectivity index (χ1v) is 9.88. The molecule has 0 saturated carbocycles. The molecule has 1 amide bonds. The average Bonchev–Trinajstić information content (AvgIpc) is 3.43. The smallest absolute Gasteiger partial charge is 0.274 e. The number of ether oxygens (including phenoxy) is 2. The van der Waals surface area contributed by atoms with E-state index in [0.29, 0.717) is 30.2 Å². The van der Waals surface area contributed by atoms with Crippen molar-refractivity contribution in [3.05, 3.63) is 59.4 Å². The van der Waals surface area contributed by atoms with Crippen LogP contribution in [0.5, 0.6) is 11.5 Å². The highest BCUT2D eigenvalue weighted by atomic mass is 16.5. The maximum Gasteiger partial charge on any atom is 0.274 e. The Kier molecular flexibility index (Phi) is 5.62. The first-order valence-electron chi connectivity index (χ1n) is 9.88. The molecule has 0 aliphatic rings. The van der Waals surface area contributed by atoms with Crippen LogP contribution in [0.25, 0.3) is 22.5 Å². The van der Waals surface area contributed by atoms with Crippen molar-refractivity contribution in [1.29, 1.82) is 0 Å². The second-order valence-electron chi connectivity index (χ2n) is 7.31. The molecular formula is C23H24N4O4. The number of hydrogen-bond acceptors (Lipinski definition) is 6. The number of benzene rings is 2. The summed E-state index contributed by atoms with van der Waals surface area (Å²) in [6, 6.07) is 13.2. The van der Waals surface area contributed by atoms with E-state index < -0.39 is 0 Å². The third-order valence-electron chi connectivity index (χ3n) is 5.21. The van der Waals surface area contributed by atoms with E-state index in [9.17, 15) is 4.79 Å². The van der Waals surface area contributed by atoms with Gasteiger partial charge in [0.2, 0.25) is 0 Å². The van der Waals surface area contributed by atoms with E-state index in [2.05, 4.69) is 15.1 Å². The van der Waals surface area contributed by atoms with Gasteiger partial charge in [-0.1, -0.05) is 5.16 Å². The molecule has 8 nitrogen and oxygen atoms in total. The number of aryl methyl sites for hydroxylation is 1. The van der Waals surface area contributed by atoms with Gasteiger partial charge >= 0.3 is 0 Å². The Bertz CT molecular complexity index is 1230. The van der Waals surface area contributed by atoms with Crippen LogP contribution >= 0.6 is 0 Å². The molecule has 0 radical (unpaired) electrons. The summed E-state index contributed by atoms with van der Waals surface area (Å²) in [4.78, 5) is 22.2. The highest BCUT2D eigenvalue weighted by molar-refractivity contribution is 5.95. The molecule has 0 atom stereocenters. The van der Waals surface area contributed by atoms with Crippen molar-refractivity contribution in [2.45, 2.75) is 13.3 Å². The van der Waals surface area contributed by atoms with Gasteiger partial charge in [-0.3, -0.25) is 4.79 Å². The maximum atomic E-state index is 12.8. The van der Waals surface area contributed by atoms with E-state index in [4.69, 9.17) is 14.0 Å². The first-order chi connectivity index (χ1) is 15.0. The number of aromatic amines is 1. The lowest BCUT2D eigenvalue weighted by molar-refractivity contribution is 0.0795. The normalized spacial score (nSPS) is 11.0. The topological polar surface area (TPSA) is 93.5 Å². The number of hydrogen-bond donors (Lipinski definition) is 1. The minimum Gasteiger partial charge on any atom is -0.497 e. The number of methoxy groups -OCH3 is 2. The molecule has 0 bridgehead atoms. The van der Waals surface area contributed by atoms with Crippen LogP contribution < -0.4 is 9.47 Å². The minimum atomic E-state index is -0.0616. The van der Waals surface area contributed by atoms with Crippen LogP contribution in [-0.4, -0.2) is 53.7 Å². The predicted octanol–water partition coefficient (Wildman–Crippen LogP) is 3.86. The summed E-state index contributed by atoms with van der Waals surface area (Å²) in [5, 5.41) is 5.08. The largest absolute Gasteiger partial charge is 0.497 e. The van der Waals surface area contributed by atoms with Gasteiger partial charge in [0, 0.05) is 42.5 Å².